The van der Waals surface area contributed by atoms with Crippen molar-refractivity contribution in [1.29, 1.82) is 0 Å². The number of ether oxygens (including phenoxy) is 5. The SMILES string of the molecule is C=CC(=O)OCOc1ccc(-c2ccc(F)c(F)c2)cc1.C=CC(=O)OCOc1ccc(-c2ccc(OCCCCCC)cc2)cc1. The number of esters is 2. The minimum atomic E-state index is -0.899. The summed E-state index contributed by atoms with van der Waals surface area (Å²) in [4.78, 5) is 21.8. The maximum Gasteiger partial charge on any atom is 0.333 e. The van der Waals surface area contributed by atoms with Gasteiger partial charge in [-0.25, -0.2) is 18.4 Å². The van der Waals surface area contributed by atoms with Crippen LogP contribution in [0.25, 0.3) is 22.3 Å². The summed E-state index contributed by atoms with van der Waals surface area (Å²) in [6.45, 7) is 9.20. The van der Waals surface area contributed by atoms with Crippen molar-refractivity contribution >= 4 is 11.9 Å². The van der Waals surface area contributed by atoms with Crippen LogP contribution in [0.15, 0.2) is 116 Å². The van der Waals surface area contributed by atoms with Crippen molar-refractivity contribution in [3.05, 3.63) is 128 Å². The monoisotopic (exact) mass is 644 g/mol. The highest BCUT2D eigenvalue weighted by molar-refractivity contribution is 5.81. The van der Waals surface area contributed by atoms with Gasteiger partial charge in [0, 0.05) is 12.2 Å². The molecule has 9 heteroatoms. The van der Waals surface area contributed by atoms with E-state index in [1.54, 1.807) is 24.3 Å². The zero-order chi connectivity index (χ0) is 33.9. The summed E-state index contributed by atoms with van der Waals surface area (Å²) >= 11 is 0. The van der Waals surface area contributed by atoms with Crippen LogP contribution in [0, 0.1) is 11.6 Å². The highest BCUT2D eigenvalue weighted by Gasteiger charge is 2.06. The van der Waals surface area contributed by atoms with Gasteiger partial charge in [0.15, 0.2) is 11.6 Å². The molecule has 0 heterocycles. The molecule has 7 nitrogen and oxygen atoms in total. The van der Waals surface area contributed by atoms with Crippen LogP contribution in [-0.2, 0) is 19.1 Å². The van der Waals surface area contributed by atoms with Crippen molar-refractivity contribution in [2.24, 2.45) is 0 Å². The lowest BCUT2D eigenvalue weighted by molar-refractivity contribution is -0.145. The lowest BCUT2D eigenvalue weighted by Gasteiger charge is -2.09. The molecule has 0 aliphatic heterocycles. The van der Waals surface area contributed by atoms with Crippen LogP contribution < -0.4 is 14.2 Å². The minimum absolute atomic E-state index is 0.130. The first-order chi connectivity index (χ1) is 22.8. The molecule has 0 aliphatic carbocycles. The van der Waals surface area contributed by atoms with Gasteiger partial charge in [0.05, 0.1) is 6.61 Å². The van der Waals surface area contributed by atoms with Gasteiger partial charge in [-0.15, -0.1) is 0 Å². The summed E-state index contributed by atoms with van der Waals surface area (Å²) in [6, 6.07) is 26.0. The zero-order valence-electron chi connectivity index (χ0n) is 26.3. The second kappa shape index (κ2) is 19.8. The van der Waals surface area contributed by atoms with Gasteiger partial charge in [-0.2, -0.15) is 0 Å². The second-order valence-electron chi connectivity index (χ2n) is 9.97. The number of rotatable bonds is 16. The summed E-state index contributed by atoms with van der Waals surface area (Å²) < 4.78 is 51.8. The van der Waals surface area contributed by atoms with Crippen molar-refractivity contribution in [1.82, 2.24) is 0 Å². The Morgan fingerprint density at radius 3 is 1.43 bits per heavy atom. The van der Waals surface area contributed by atoms with E-state index in [1.165, 1.54) is 25.3 Å². The van der Waals surface area contributed by atoms with Gasteiger partial charge in [0.25, 0.3) is 0 Å². The normalized spacial score (nSPS) is 10.1. The van der Waals surface area contributed by atoms with E-state index in [1.807, 2.05) is 48.5 Å². The first-order valence-electron chi connectivity index (χ1n) is 15.1. The molecule has 0 amide bonds. The first-order valence-corrected chi connectivity index (χ1v) is 15.1. The Kier molecular flexibility index (Phi) is 15.2. The zero-order valence-corrected chi connectivity index (χ0v) is 26.3. The molecule has 0 saturated carbocycles. The maximum absolute atomic E-state index is 13.2. The van der Waals surface area contributed by atoms with E-state index in [-0.39, 0.29) is 13.6 Å². The van der Waals surface area contributed by atoms with Crippen LogP contribution in [0.2, 0.25) is 0 Å². The number of hydrogen-bond acceptors (Lipinski definition) is 7. The summed E-state index contributed by atoms with van der Waals surface area (Å²) in [6.07, 6.45) is 6.95. The Morgan fingerprint density at radius 1 is 0.574 bits per heavy atom. The Labute approximate surface area is 274 Å². The van der Waals surface area contributed by atoms with Crippen molar-refractivity contribution in [3.63, 3.8) is 0 Å². The quantitative estimate of drug-likeness (QED) is 0.0521. The van der Waals surface area contributed by atoms with Crippen molar-refractivity contribution in [2.75, 3.05) is 20.2 Å². The van der Waals surface area contributed by atoms with E-state index in [9.17, 15) is 18.4 Å². The Morgan fingerprint density at radius 2 is 1.00 bits per heavy atom. The maximum atomic E-state index is 13.2. The molecule has 0 unspecified atom stereocenters. The molecule has 0 saturated heterocycles. The molecular weight excluding hydrogens is 606 g/mol. The molecule has 0 fully saturated rings. The average Bonchev–Trinajstić information content (AvgIpc) is 3.10. The largest absolute Gasteiger partial charge is 0.494 e. The van der Waals surface area contributed by atoms with E-state index < -0.39 is 23.6 Å². The summed E-state index contributed by atoms with van der Waals surface area (Å²) in [5, 5.41) is 0. The molecule has 4 rings (SSSR count). The molecule has 0 N–H and O–H groups in total. The van der Waals surface area contributed by atoms with Gasteiger partial charge in [0.1, 0.15) is 17.2 Å². The molecular formula is C38H38F2O7. The fourth-order valence-electron chi connectivity index (χ4n) is 4.05. The highest BCUT2D eigenvalue weighted by atomic mass is 19.2. The van der Waals surface area contributed by atoms with Gasteiger partial charge in [-0.3, -0.25) is 0 Å². The molecule has 246 valence electrons. The average molecular weight is 645 g/mol. The number of unbranched alkanes of at least 4 members (excludes halogenated alkanes) is 3. The van der Waals surface area contributed by atoms with Crippen molar-refractivity contribution in [2.45, 2.75) is 32.6 Å². The molecule has 0 spiro atoms. The summed E-state index contributed by atoms with van der Waals surface area (Å²) in [7, 11) is 0. The van der Waals surface area contributed by atoms with Crippen molar-refractivity contribution < 1.29 is 42.1 Å². The van der Waals surface area contributed by atoms with Gasteiger partial charge < -0.3 is 23.7 Å². The topological polar surface area (TPSA) is 80.3 Å². The van der Waals surface area contributed by atoms with E-state index in [0.717, 1.165) is 54.2 Å². The molecule has 0 radical (unpaired) electrons. The van der Waals surface area contributed by atoms with Gasteiger partial charge in [0.2, 0.25) is 13.6 Å². The van der Waals surface area contributed by atoms with Gasteiger partial charge >= 0.3 is 11.9 Å². The smallest absolute Gasteiger partial charge is 0.333 e. The fraction of sp³-hybridized carbons (Fsp3) is 0.211. The van der Waals surface area contributed by atoms with Crippen LogP contribution in [-0.4, -0.2) is 32.1 Å². The number of benzene rings is 4. The number of hydrogen-bond donors (Lipinski definition) is 0. The fourth-order valence-corrected chi connectivity index (χ4v) is 4.05. The van der Waals surface area contributed by atoms with E-state index in [0.29, 0.717) is 22.6 Å². The van der Waals surface area contributed by atoms with Crippen LogP contribution in [0.1, 0.15) is 32.6 Å². The number of carbonyl (C=O) groups is 2. The molecule has 4 aromatic carbocycles. The van der Waals surface area contributed by atoms with Crippen LogP contribution >= 0.6 is 0 Å². The predicted molar refractivity (Wildman–Crippen MR) is 177 cm³/mol. The van der Waals surface area contributed by atoms with Crippen LogP contribution in [0.3, 0.4) is 0 Å². The minimum Gasteiger partial charge on any atom is -0.494 e. The Bertz CT molecular complexity index is 1570. The third kappa shape index (κ3) is 12.8. The summed E-state index contributed by atoms with van der Waals surface area (Å²) in [5.41, 5.74) is 3.45. The van der Waals surface area contributed by atoms with E-state index >= 15 is 0 Å². The third-order valence-corrected chi connectivity index (χ3v) is 6.60. The lowest BCUT2D eigenvalue weighted by atomic mass is 10.1. The first kappa shape index (κ1) is 36.0. The van der Waals surface area contributed by atoms with Gasteiger partial charge in [-0.1, -0.05) is 81.8 Å². The third-order valence-electron chi connectivity index (χ3n) is 6.60. The van der Waals surface area contributed by atoms with Gasteiger partial charge in [-0.05, 0) is 77.2 Å². The Balaban J connectivity index is 0.000000261. The van der Waals surface area contributed by atoms with Crippen molar-refractivity contribution in [3.8, 4) is 39.5 Å². The summed E-state index contributed by atoms with van der Waals surface area (Å²) in [5.74, 6) is -0.848. The lowest BCUT2D eigenvalue weighted by Crippen LogP contribution is -2.07. The number of carbonyl (C=O) groups excluding carboxylic acids is 2. The molecule has 0 aromatic heterocycles. The molecule has 0 aliphatic rings. The molecule has 47 heavy (non-hydrogen) atoms. The number of halogens is 2. The second-order valence-corrected chi connectivity index (χ2v) is 9.97. The highest BCUT2D eigenvalue weighted by Crippen LogP contribution is 2.26. The standard InChI is InChI=1S/C22H26O4.C16H12F2O3/c1-3-5-6-7-16-24-20-12-8-18(9-13-20)19-10-14-21(15-11-19)25-17-26-22(23)4-2;1-2-16(19)21-10-20-13-6-3-11(4-7-13)12-5-8-14(17)15(18)9-12/h4,8-15H,2-3,5-7,16-17H2,1H3;2-9H,1,10H2. The predicted octanol–water partition coefficient (Wildman–Crippen LogP) is 9.08. The molecule has 0 bridgehead atoms. The Hall–Kier alpha value is -5.44. The van der Waals surface area contributed by atoms with E-state index in [4.69, 9.17) is 18.9 Å². The molecule has 4 aromatic rings. The van der Waals surface area contributed by atoms with Crippen LogP contribution in [0.4, 0.5) is 8.78 Å². The molecule has 0 atom stereocenters. The van der Waals surface area contributed by atoms with E-state index in [2.05, 4.69) is 24.8 Å². The van der Waals surface area contributed by atoms with Crippen LogP contribution in [0.5, 0.6) is 17.2 Å².